The maximum absolute atomic E-state index is 10.5. The second-order valence-electron chi connectivity index (χ2n) is 2.34. The lowest BCUT2D eigenvalue weighted by molar-refractivity contribution is 0.0697. The normalized spacial score (nSPS) is 8.93. The van der Waals surface area contributed by atoms with Gasteiger partial charge in [-0.15, -0.1) is 6.01 Å². The van der Waals surface area contributed by atoms with Crippen molar-refractivity contribution in [2.75, 3.05) is 5.17 Å². The van der Waals surface area contributed by atoms with E-state index >= 15 is 0 Å². The molecule has 1 aromatic carbocycles. The smallest absolute Gasteiger partial charge is 0.335 e. The Labute approximate surface area is 79.2 Å². The number of hydrazone groups is 1. The summed E-state index contributed by atoms with van der Waals surface area (Å²) in [6, 6.07) is 6.66. The van der Waals surface area contributed by atoms with Crippen molar-refractivity contribution in [3.8, 4) is 0 Å². The Morgan fingerprint density at radius 1 is 1.43 bits per heavy atom. The monoisotopic (exact) mass is 192 g/mol. The number of carboxylic acids is 1. The van der Waals surface area contributed by atoms with Crippen molar-refractivity contribution in [2.45, 2.75) is 0 Å². The predicted molar refractivity (Wildman–Crippen MR) is 48.5 cm³/mol. The Morgan fingerprint density at radius 2 is 2.00 bits per heavy atom. The molecule has 0 fully saturated rings. The van der Waals surface area contributed by atoms with E-state index in [0.717, 1.165) is 0 Å². The molecule has 6 heteroatoms. The maximum Gasteiger partial charge on any atom is 0.335 e. The Balaban J connectivity index is 2.93. The van der Waals surface area contributed by atoms with Gasteiger partial charge in [-0.3, -0.25) is 5.21 Å². The number of carbonyl (C=O) groups is 1. The van der Waals surface area contributed by atoms with Crippen LogP contribution in [0.2, 0.25) is 0 Å². The molecule has 0 aliphatic heterocycles. The Kier molecular flexibility index (Phi) is 2.96. The third kappa shape index (κ3) is 2.16. The molecule has 0 bridgehead atoms. The van der Waals surface area contributed by atoms with Crippen molar-refractivity contribution in [2.24, 2.45) is 5.10 Å². The summed E-state index contributed by atoms with van der Waals surface area (Å²) in [4.78, 5) is 10.5. The van der Waals surface area contributed by atoms with Gasteiger partial charge in [0.15, 0.2) is 0 Å². The zero-order valence-electron chi connectivity index (χ0n) is 6.95. The largest absolute Gasteiger partial charge is 0.478 e. The first-order chi connectivity index (χ1) is 6.65. The van der Waals surface area contributed by atoms with Crippen molar-refractivity contribution in [3.05, 3.63) is 35.2 Å². The number of benzene rings is 1. The Bertz CT molecular complexity index is 381. The number of hydrogen-bond acceptors (Lipinski definition) is 4. The molecule has 72 valence electrons. The van der Waals surface area contributed by atoms with Crippen LogP contribution < -0.4 is 5.17 Å². The average molecular weight is 192 g/mol. The summed E-state index contributed by atoms with van der Waals surface area (Å²) in [5, 5.41) is 29.1. The summed E-state index contributed by atoms with van der Waals surface area (Å²) in [6.07, 6.45) is 0. The number of carboxylic acid groups (broad SMARTS) is 1. The first-order valence-electron chi connectivity index (χ1n) is 3.57. The third-order valence-electron chi connectivity index (χ3n) is 1.48. The minimum atomic E-state index is -1.06. The van der Waals surface area contributed by atoms with Crippen LogP contribution in [0.5, 0.6) is 0 Å². The summed E-state index contributed by atoms with van der Waals surface area (Å²) < 4.78 is 0. The predicted octanol–water partition coefficient (Wildman–Crippen LogP) is 1.24. The molecule has 0 spiro atoms. The number of aromatic carboxylic acids is 1. The number of hydrogen-bond donors (Lipinski definition) is 2. The van der Waals surface area contributed by atoms with Crippen molar-refractivity contribution in [1.29, 1.82) is 0 Å². The quantitative estimate of drug-likeness (QED) is 0.556. The number of nitrogens with zero attached hydrogens (tertiary/aromatic N) is 3. The maximum atomic E-state index is 10.5. The molecule has 0 saturated heterocycles. The zero-order chi connectivity index (χ0) is 10.6. The summed E-state index contributed by atoms with van der Waals surface area (Å²) in [7, 11) is 0. The highest BCUT2D eigenvalue weighted by atomic mass is 16.5. The Hall–Kier alpha value is -2.17. The first-order valence-corrected chi connectivity index (χ1v) is 3.57. The fraction of sp³-hybridized carbons (Fsp3) is 0. The molecule has 2 N–H and O–H groups in total. The van der Waals surface area contributed by atoms with Gasteiger partial charge in [0, 0.05) is 0 Å². The van der Waals surface area contributed by atoms with Crippen molar-refractivity contribution >= 4 is 17.7 Å². The first kappa shape index (κ1) is 9.91. The van der Waals surface area contributed by atoms with Crippen molar-refractivity contribution in [3.63, 3.8) is 0 Å². The van der Waals surface area contributed by atoms with Gasteiger partial charge in [-0.05, 0) is 24.3 Å². The van der Waals surface area contributed by atoms with Crippen LogP contribution in [0, 0.1) is 0 Å². The second-order valence-corrected chi connectivity index (χ2v) is 2.34. The molecule has 0 amide bonds. The van der Waals surface area contributed by atoms with Crippen molar-refractivity contribution < 1.29 is 15.1 Å². The van der Waals surface area contributed by atoms with E-state index in [1.807, 2.05) is 0 Å². The molecule has 0 aliphatic carbocycles. The standard InChI is InChI=1S/C8H6N3O3/c9-5-10-11(14)7-3-1-6(2-4-7)8(12)13/h1-4,14H,(H,12,13)/q-1. The fourth-order valence-electron chi connectivity index (χ4n) is 0.837. The molecule has 0 saturated carbocycles. The van der Waals surface area contributed by atoms with E-state index in [1.54, 1.807) is 0 Å². The van der Waals surface area contributed by atoms with Crippen LogP contribution in [0.1, 0.15) is 10.4 Å². The lowest BCUT2D eigenvalue weighted by atomic mass is 10.2. The van der Waals surface area contributed by atoms with Crippen LogP contribution in [0.15, 0.2) is 29.4 Å². The summed E-state index contributed by atoms with van der Waals surface area (Å²) >= 11 is 0. The molecular weight excluding hydrogens is 186 g/mol. The van der Waals surface area contributed by atoms with Crippen LogP contribution in [0.4, 0.5) is 5.69 Å². The van der Waals surface area contributed by atoms with Gasteiger partial charge >= 0.3 is 5.97 Å². The van der Waals surface area contributed by atoms with Gasteiger partial charge in [-0.25, -0.2) is 9.97 Å². The van der Waals surface area contributed by atoms with Gasteiger partial charge in [0.1, 0.15) is 0 Å². The van der Waals surface area contributed by atoms with Gasteiger partial charge in [0.2, 0.25) is 0 Å². The number of rotatable bonds is 3. The molecule has 0 heterocycles. The molecule has 0 unspecified atom stereocenters. The summed E-state index contributed by atoms with van der Waals surface area (Å²) in [5.41, 5.74) is 0.315. The van der Waals surface area contributed by atoms with E-state index in [-0.39, 0.29) is 11.3 Å². The second kappa shape index (κ2) is 4.18. The van der Waals surface area contributed by atoms with E-state index in [0.29, 0.717) is 5.17 Å². The summed E-state index contributed by atoms with van der Waals surface area (Å²) in [5.74, 6) is -1.06. The molecule has 6 nitrogen and oxygen atoms in total. The molecule has 1 rings (SSSR count). The van der Waals surface area contributed by atoms with Crippen LogP contribution >= 0.6 is 0 Å². The molecule has 0 aliphatic rings. The van der Waals surface area contributed by atoms with Gasteiger partial charge < -0.3 is 15.6 Å². The van der Waals surface area contributed by atoms with Gasteiger partial charge in [0.25, 0.3) is 0 Å². The van der Waals surface area contributed by atoms with Gasteiger partial charge in [0.05, 0.1) is 11.3 Å². The molecule has 14 heavy (non-hydrogen) atoms. The summed E-state index contributed by atoms with van der Waals surface area (Å²) in [6.45, 7) is 0. The average Bonchev–Trinajstić information content (AvgIpc) is 2.18. The van der Waals surface area contributed by atoms with E-state index in [4.69, 9.17) is 15.7 Å². The molecular formula is C8H6N3O3-. The van der Waals surface area contributed by atoms with E-state index in [9.17, 15) is 4.79 Å². The van der Waals surface area contributed by atoms with Gasteiger partial charge in [-0.1, -0.05) is 0 Å². The molecule has 1 aromatic rings. The van der Waals surface area contributed by atoms with E-state index in [1.165, 1.54) is 30.3 Å². The minimum Gasteiger partial charge on any atom is -0.478 e. The molecule has 0 aromatic heterocycles. The fourth-order valence-corrected chi connectivity index (χ4v) is 0.837. The third-order valence-corrected chi connectivity index (χ3v) is 1.48. The topological polar surface area (TPSA) is 95.4 Å². The van der Waals surface area contributed by atoms with Gasteiger partial charge in [-0.2, -0.15) is 0 Å². The van der Waals surface area contributed by atoms with Crippen LogP contribution in [0.3, 0.4) is 0 Å². The highest BCUT2D eigenvalue weighted by molar-refractivity contribution is 5.87. The molecule has 0 atom stereocenters. The minimum absolute atomic E-state index is 0.0964. The zero-order valence-corrected chi connectivity index (χ0v) is 6.95. The Morgan fingerprint density at radius 3 is 2.43 bits per heavy atom. The van der Waals surface area contributed by atoms with Crippen LogP contribution in [-0.4, -0.2) is 22.3 Å². The molecule has 0 radical (unpaired) electrons. The highest BCUT2D eigenvalue weighted by Gasteiger charge is 2.02. The lowest BCUT2D eigenvalue weighted by Crippen LogP contribution is -2.08. The van der Waals surface area contributed by atoms with Crippen LogP contribution in [0.25, 0.3) is 5.41 Å². The highest BCUT2D eigenvalue weighted by Crippen LogP contribution is 2.13. The SMILES string of the molecule is [N-]=C=NN(O)c1ccc(C(=O)O)cc1. The van der Waals surface area contributed by atoms with E-state index < -0.39 is 5.97 Å². The van der Waals surface area contributed by atoms with Crippen LogP contribution in [-0.2, 0) is 0 Å². The van der Waals surface area contributed by atoms with E-state index in [2.05, 4.69) is 5.10 Å². The lowest BCUT2D eigenvalue weighted by Gasteiger charge is -2.14. The van der Waals surface area contributed by atoms with Crippen molar-refractivity contribution in [1.82, 2.24) is 0 Å². The number of anilines is 1.